The predicted octanol–water partition coefficient (Wildman–Crippen LogP) is -1.45. The standard InChI is InChI=1S/C8H16N2O3/c1-13-8(12)5-10-3-2-6(9)7(11)4-10/h6-7,11H,2-5,9H2,1H3/t6-,7+/m0/s1. The molecule has 0 unspecified atom stereocenters. The number of piperidine rings is 1. The third kappa shape index (κ3) is 2.95. The quantitative estimate of drug-likeness (QED) is 0.519. The molecule has 5 heteroatoms. The van der Waals surface area contributed by atoms with Crippen molar-refractivity contribution in [3.8, 4) is 0 Å². The Hall–Kier alpha value is -0.650. The Kier molecular flexibility index (Phi) is 3.65. The molecular formula is C8H16N2O3. The highest BCUT2D eigenvalue weighted by atomic mass is 16.5. The minimum Gasteiger partial charge on any atom is -0.468 e. The van der Waals surface area contributed by atoms with Crippen LogP contribution in [0.4, 0.5) is 0 Å². The van der Waals surface area contributed by atoms with Crippen molar-refractivity contribution in [1.82, 2.24) is 4.90 Å². The SMILES string of the molecule is COC(=O)CN1CC[C@H](N)[C@H](O)C1. The number of aliphatic hydroxyl groups is 1. The van der Waals surface area contributed by atoms with E-state index in [0.29, 0.717) is 6.54 Å². The number of likely N-dealkylation sites (tertiary alicyclic amines) is 1. The molecule has 0 aromatic heterocycles. The van der Waals surface area contributed by atoms with Crippen LogP contribution < -0.4 is 5.73 Å². The van der Waals surface area contributed by atoms with Crippen LogP contribution in [0.5, 0.6) is 0 Å². The molecule has 1 fully saturated rings. The fraction of sp³-hybridized carbons (Fsp3) is 0.875. The summed E-state index contributed by atoms with van der Waals surface area (Å²) in [6.45, 7) is 1.43. The van der Waals surface area contributed by atoms with Crippen LogP contribution in [0.1, 0.15) is 6.42 Å². The number of nitrogens with zero attached hydrogens (tertiary/aromatic N) is 1. The van der Waals surface area contributed by atoms with Crippen LogP contribution in [-0.4, -0.2) is 54.9 Å². The summed E-state index contributed by atoms with van der Waals surface area (Å²) in [4.78, 5) is 12.7. The van der Waals surface area contributed by atoms with Crippen LogP contribution in [0.15, 0.2) is 0 Å². The number of methoxy groups -OCH3 is 1. The Morgan fingerprint density at radius 2 is 2.46 bits per heavy atom. The fourth-order valence-corrected chi connectivity index (χ4v) is 1.41. The Bertz CT molecular complexity index is 186. The third-order valence-electron chi connectivity index (χ3n) is 2.30. The lowest BCUT2D eigenvalue weighted by molar-refractivity contribution is -0.142. The molecule has 3 N–H and O–H groups in total. The molecule has 13 heavy (non-hydrogen) atoms. The molecule has 0 spiro atoms. The zero-order valence-corrected chi connectivity index (χ0v) is 7.77. The molecule has 0 aromatic rings. The van der Waals surface area contributed by atoms with E-state index in [0.717, 1.165) is 13.0 Å². The average Bonchev–Trinajstić information content (AvgIpc) is 2.11. The van der Waals surface area contributed by atoms with Crippen LogP contribution in [0, 0.1) is 0 Å². The van der Waals surface area contributed by atoms with E-state index in [1.54, 1.807) is 0 Å². The van der Waals surface area contributed by atoms with Crippen molar-refractivity contribution >= 4 is 5.97 Å². The van der Waals surface area contributed by atoms with Crippen LogP contribution in [0.25, 0.3) is 0 Å². The van der Waals surface area contributed by atoms with E-state index >= 15 is 0 Å². The maximum Gasteiger partial charge on any atom is 0.319 e. The number of β-amino-alcohol motifs (C(OH)–C–C–N with tert-alkyl or cyclic N) is 1. The molecule has 0 bridgehead atoms. The van der Waals surface area contributed by atoms with Crippen molar-refractivity contribution in [3.05, 3.63) is 0 Å². The second-order valence-electron chi connectivity index (χ2n) is 3.33. The number of carbonyl (C=O) groups excluding carboxylic acids is 1. The van der Waals surface area contributed by atoms with Crippen LogP contribution in [0.2, 0.25) is 0 Å². The summed E-state index contributed by atoms with van der Waals surface area (Å²) in [6.07, 6.45) is 0.191. The number of rotatable bonds is 2. The number of nitrogens with two attached hydrogens (primary N) is 1. The molecule has 0 saturated carbocycles. The van der Waals surface area contributed by atoms with Gasteiger partial charge in [-0.1, -0.05) is 0 Å². The van der Waals surface area contributed by atoms with Crippen molar-refractivity contribution in [1.29, 1.82) is 0 Å². The molecule has 1 rings (SSSR count). The van der Waals surface area contributed by atoms with Gasteiger partial charge in [0.15, 0.2) is 0 Å². The summed E-state index contributed by atoms with van der Waals surface area (Å²) in [5, 5.41) is 9.41. The van der Waals surface area contributed by atoms with Gasteiger partial charge in [-0.3, -0.25) is 9.69 Å². The van der Waals surface area contributed by atoms with E-state index in [1.807, 2.05) is 4.90 Å². The molecule has 0 amide bonds. The Labute approximate surface area is 77.5 Å². The molecule has 2 atom stereocenters. The van der Waals surface area contributed by atoms with Crippen LogP contribution in [0.3, 0.4) is 0 Å². The highest BCUT2D eigenvalue weighted by molar-refractivity contribution is 5.71. The summed E-state index contributed by atoms with van der Waals surface area (Å²) < 4.78 is 4.52. The van der Waals surface area contributed by atoms with E-state index < -0.39 is 6.10 Å². The molecule has 0 aromatic carbocycles. The number of aliphatic hydroxyl groups excluding tert-OH is 1. The van der Waals surface area contributed by atoms with Gasteiger partial charge in [0.2, 0.25) is 0 Å². The lowest BCUT2D eigenvalue weighted by Crippen LogP contribution is -2.51. The molecule has 76 valence electrons. The highest BCUT2D eigenvalue weighted by Crippen LogP contribution is 2.08. The summed E-state index contributed by atoms with van der Waals surface area (Å²) >= 11 is 0. The van der Waals surface area contributed by atoms with Gasteiger partial charge in [0.05, 0.1) is 19.8 Å². The van der Waals surface area contributed by atoms with Gasteiger partial charge in [-0.2, -0.15) is 0 Å². The summed E-state index contributed by atoms with van der Waals surface area (Å²) in [5.41, 5.74) is 5.61. The molecule has 1 saturated heterocycles. The number of hydrogen-bond donors (Lipinski definition) is 2. The predicted molar refractivity (Wildman–Crippen MR) is 47.1 cm³/mol. The number of esters is 1. The largest absolute Gasteiger partial charge is 0.468 e. The van der Waals surface area contributed by atoms with Gasteiger partial charge in [-0.25, -0.2) is 0 Å². The molecule has 1 aliphatic rings. The van der Waals surface area contributed by atoms with Gasteiger partial charge in [0.25, 0.3) is 0 Å². The first-order valence-electron chi connectivity index (χ1n) is 4.36. The molecule has 0 aliphatic carbocycles. The van der Waals surface area contributed by atoms with Crippen molar-refractivity contribution in [3.63, 3.8) is 0 Å². The van der Waals surface area contributed by atoms with Crippen LogP contribution in [-0.2, 0) is 9.53 Å². The maximum atomic E-state index is 10.9. The zero-order valence-electron chi connectivity index (χ0n) is 7.77. The molecule has 1 heterocycles. The van der Waals surface area contributed by atoms with Crippen molar-refractivity contribution in [2.45, 2.75) is 18.6 Å². The normalized spacial score (nSPS) is 30.1. The fourth-order valence-electron chi connectivity index (χ4n) is 1.41. The van der Waals surface area contributed by atoms with E-state index in [9.17, 15) is 9.90 Å². The van der Waals surface area contributed by atoms with Gasteiger partial charge in [-0.15, -0.1) is 0 Å². The second kappa shape index (κ2) is 4.55. The summed E-state index contributed by atoms with van der Waals surface area (Å²) in [5.74, 6) is -0.275. The second-order valence-corrected chi connectivity index (χ2v) is 3.33. The summed E-state index contributed by atoms with van der Waals surface area (Å²) in [6, 6.07) is -0.158. The first kappa shape index (κ1) is 10.4. The first-order valence-corrected chi connectivity index (χ1v) is 4.36. The smallest absolute Gasteiger partial charge is 0.319 e. The van der Waals surface area contributed by atoms with E-state index in [4.69, 9.17) is 5.73 Å². The van der Waals surface area contributed by atoms with E-state index in [-0.39, 0.29) is 18.6 Å². The van der Waals surface area contributed by atoms with E-state index in [2.05, 4.69) is 4.74 Å². The number of hydrogen-bond acceptors (Lipinski definition) is 5. The number of ether oxygens (including phenoxy) is 1. The molecule has 5 nitrogen and oxygen atoms in total. The minimum atomic E-state index is -0.529. The monoisotopic (exact) mass is 188 g/mol. The van der Waals surface area contributed by atoms with E-state index in [1.165, 1.54) is 7.11 Å². The molecule has 0 radical (unpaired) electrons. The maximum absolute atomic E-state index is 10.9. The average molecular weight is 188 g/mol. The van der Waals surface area contributed by atoms with Gasteiger partial charge in [0, 0.05) is 19.1 Å². The lowest BCUT2D eigenvalue weighted by Gasteiger charge is -2.33. The Balaban J connectivity index is 2.33. The molecular weight excluding hydrogens is 172 g/mol. The van der Waals surface area contributed by atoms with Gasteiger partial charge >= 0.3 is 5.97 Å². The number of carbonyl (C=O) groups is 1. The van der Waals surface area contributed by atoms with Gasteiger partial charge < -0.3 is 15.6 Å². The minimum absolute atomic E-state index is 0.158. The molecule has 1 aliphatic heterocycles. The van der Waals surface area contributed by atoms with Crippen LogP contribution >= 0.6 is 0 Å². The summed E-state index contributed by atoms with van der Waals surface area (Å²) in [7, 11) is 1.36. The van der Waals surface area contributed by atoms with Crippen molar-refractivity contribution in [2.24, 2.45) is 5.73 Å². The van der Waals surface area contributed by atoms with Gasteiger partial charge in [-0.05, 0) is 6.42 Å². The van der Waals surface area contributed by atoms with Crippen molar-refractivity contribution in [2.75, 3.05) is 26.7 Å². The first-order chi connectivity index (χ1) is 6.13. The topological polar surface area (TPSA) is 75.8 Å². The lowest BCUT2D eigenvalue weighted by atomic mass is 10.0. The Morgan fingerprint density at radius 3 is 3.00 bits per heavy atom. The van der Waals surface area contributed by atoms with Gasteiger partial charge in [0.1, 0.15) is 0 Å². The van der Waals surface area contributed by atoms with Crippen molar-refractivity contribution < 1.29 is 14.6 Å². The zero-order chi connectivity index (χ0) is 9.84. The third-order valence-corrected chi connectivity index (χ3v) is 2.30. The Morgan fingerprint density at radius 1 is 1.77 bits per heavy atom. The highest BCUT2D eigenvalue weighted by Gasteiger charge is 2.25.